The lowest BCUT2D eigenvalue weighted by Crippen LogP contribution is -2.47. The molecule has 1 saturated heterocycles. The largest absolute Gasteiger partial charge is 0.492 e. The number of aliphatic carboxylic acids is 1. The fourth-order valence-electron chi connectivity index (χ4n) is 3.76. The van der Waals surface area contributed by atoms with Crippen molar-refractivity contribution in [2.24, 2.45) is 0 Å². The number of alkyl halides is 3. The van der Waals surface area contributed by atoms with E-state index in [-0.39, 0.29) is 6.42 Å². The van der Waals surface area contributed by atoms with E-state index < -0.39 is 17.7 Å². The molecule has 4 rings (SSSR count). The Morgan fingerprint density at radius 1 is 1.15 bits per heavy atom. The Morgan fingerprint density at radius 2 is 1.91 bits per heavy atom. The molecule has 1 aliphatic heterocycles. The maximum absolute atomic E-state index is 13.0. The Labute approximate surface area is 193 Å². The van der Waals surface area contributed by atoms with Crippen LogP contribution in [0, 0.1) is 6.92 Å². The summed E-state index contributed by atoms with van der Waals surface area (Å²) in [6.45, 7) is 6.20. The summed E-state index contributed by atoms with van der Waals surface area (Å²) < 4.78 is 45.3. The first-order valence-electron chi connectivity index (χ1n) is 10.6. The maximum atomic E-state index is 13.0. The number of hydrogen-bond acceptors (Lipinski definition) is 6. The molecule has 10 heteroatoms. The van der Waals surface area contributed by atoms with Crippen LogP contribution in [0.3, 0.4) is 0 Å². The lowest BCUT2D eigenvalue weighted by atomic mass is 10.1. The van der Waals surface area contributed by atoms with Crippen molar-refractivity contribution in [1.82, 2.24) is 9.88 Å². The fraction of sp³-hybridized carbons (Fsp3) is 0.391. The number of thiazole rings is 1. The standard InChI is InChI=1S/C23H24F3N3O3S/c1-15-2-3-16(13-21(30)31)12-19(15)32-11-10-28-6-8-29(9-7-28)22-27-18-5-4-17(23(24,25)26)14-20(18)33-22/h2-5,12,14H,6-11,13H2,1H3,(H,30,31). The summed E-state index contributed by atoms with van der Waals surface area (Å²) in [5, 5.41) is 9.70. The monoisotopic (exact) mass is 479 g/mol. The van der Waals surface area contributed by atoms with Crippen LogP contribution in [0.2, 0.25) is 0 Å². The molecule has 0 unspecified atom stereocenters. The SMILES string of the molecule is Cc1ccc(CC(=O)O)cc1OCCN1CCN(c2nc3ccc(C(F)(F)F)cc3s2)CC1. The summed E-state index contributed by atoms with van der Waals surface area (Å²) in [6.07, 6.45) is -4.40. The number of carbonyl (C=O) groups is 1. The Balaban J connectivity index is 1.29. The third-order valence-corrected chi connectivity index (χ3v) is 6.70. The summed E-state index contributed by atoms with van der Waals surface area (Å²) in [5.41, 5.74) is 1.59. The number of aryl methyl sites for hydroxylation is 1. The predicted octanol–water partition coefficient (Wildman–Crippen LogP) is 4.45. The van der Waals surface area contributed by atoms with E-state index in [0.29, 0.717) is 28.1 Å². The highest BCUT2D eigenvalue weighted by atomic mass is 32.1. The molecule has 1 fully saturated rings. The van der Waals surface area contributed by atoms with Crippen LogP contribution in [0.25, 0.3) is 10.2 Å². The lowest BCUT2D eigenvalue weighted by molar-refractivity contribution is -0.138. The molecule has 0 saturated carbocycles. The van der Waals surface area contributed by atoms with E-state index in [2.05, 4.69) is 14.8 Å². The molecular weight excluding hydrogens is 455 g/mol. The average molecular weight is 480 g/mol. The highest BCUT2D eigenvalue weighted by molar-refractivity contribution is 7.22. The number of carboxylic acid groups (broad SMARTS) is 1. The fourth-order valence-corrected chi connectivity index (χ4v) is 4.81. The van der Waals surface area contributed by atoms with Crippen molar-refractivity contribution in [3.8, 4) is 5.75 Å². The third kappa shape index (κ3) is 5.75. The smallest absolute Gasteiger partial charge is 0.416 e. The normalized spacial score (nSPS) is 15.2. The number of ether oxygens (including phenoxy) is 1. The van der Waals surface area contributed by atoms with Gasteiger partial charge in [-0.25, -0.2) is 4.98 Å². The molecule has 0 atom stereocenters. The first-order chi connectivity index (χ1) is 15.7. The molecule has 1 aromatic heterocycles. The second kappa shape index (κ2) is 9.56. The van der Waals surface area contributed by atoms with Crippen LogP contribution in [0.15, 0.2) is 36.4 Å². The molecule has 0 spiro atoms. The van der Waals surface area contributed by atoms with Gasteiger partial charge in [-0.2, -0.15) is 13.2 Å². The van der Waals surface area contributed by atoms with E-state index in [0.717, 1.165) is 55.6 Å². The topological polar surface area (TPSA) is 65.9 Å². The number of anilines is 1. The van der Waals surface area contributed by atoms with Crippen LogP contribution in [-0.2, 0) is 17.4 Å². The molecule has 0 radical (unpaired) electrons. The second-order valence-corrected chi connectivity index (χ2v) is 9.03. The first-order valence-corrected chi connectivity index (χ1v) is 11.4. The highest BCUT2D eigenvalue weighted by Crippen LogP contribution is 2.35. The van der Waals surface area contributed by atoms with E-state index in [4.69, 9.17) is 9.84 Å². The minimum atomic E-state index is -4.36. The molecule has 176 valence electrons. The average Bonchev–Trinajstić information content (AvgIpc) is 3.19. The molecular formula is C23H24F3N3O3S. The molecule has 0 aliphatic carbocycles. The zero-order valence-electron chi connectivity index (χ0n) is 18.1. The van der Waals surface area contributed by atoms with E-state index in [1.807, 2.05) is 13.0 Å². The van der Waals surface area contributed by atoms with Crippen molar-refractivity contribution < 1.29 is 27.8 Å². The third-order valence-electron chi connectivity index (χ3n) is 5.62. The van der Waals surface area contributed by atoms with Crippen LogP contribution in [0.4, 0.5) is 18.3 Å². The lowest BCUT2D eigenvalue weighted by Gasteiger charge is -2.34. The predicted molar refractivity (Wildman–Crippen MR) is 121 cm³/mol. The second-order valence-electron chi connectivity index (χ2n) is 8.02. The van der Waals surface area contributed by atoms with Gasteiger partial charge in [0.1, 0.15) is 12.4 Å². The molecule has 1 aliphatic rings. The number of halogens is 3. The molecule has 0 amide bonds. The molecule has 6 nitrogen and oxygen atoms in total. The molecule has 1 N–H and O–H groups in total. The van der Waals surface area contributed by atoms with Gasteiger partial charge < -0.3 is 14.7 Å². The number of nitrogens with zero attached hydrogens (tertiary/aromatic N) is 3. The van der Waals surface area contributed by atoms with Gasteiger partial charge >= 0.3 is 12.1 Å². The zero-order valence-corrected chi connectivity index (χ0v) is 18.9. The molecule has 2 aromatic carbocycles. The Morgan fingerprint density at radius 3 is 2.61 bits per heavy atom. The van der Waals surface area contributed by atoms with Gasteiger partial charge in [-0.1, -0.05) is 23.5 Å². The number of rotatable bonds is 7. The summed E-state index contributed by atoms with van der Waals surface area (Å²) in [7, 11) is 0. The van der Waals surface area contributed by atoms with Gasteiger partial charge in [0.25, 0.3) is 0 Å². The molecule has 2 heterocycles. The Bertz CT molecular complexity index is 1140. The van der Waals surface area contributed by atoms with Crippen LogP contribution >= 0.6 is 11.3 Å². The van der Waals surface area contributed by atoms with E-state index in [1.165, 1.54) is 17.4 Å². The number of aromatic nitrogens is 1. The van der Waals surface area contributed by atoms with Gasteiger partial charge in [-0.15, -0.1) is 0 Å². The minimum absolute atomic E-state index is 0.0398. The molecule has 0 bridgehead atoms. The maximum Gasteiger partial charge on any atom is 0.416 e. The highest BCUT2D eigenvalue weighted by Gasteiger charge is 2.31. The molecule has 33 heavy (non-hydrogen) atoms. The first kappa shape index (κ1) is 23.3. The number of hydrogen-bond donors (Lipinski definition) is 1. The number of piperazine rings is 1. The van der Waals surface area contributed by atoms with Crippen LogP contribution in [0.5, 0.6) is 5.75 Å². The van der Waals surface area contributed by atoms with E-state index in [9.17, 15) is 18.0 Å². The zero-order chi connectivity index (χ0) is 23.6. The summed E-state index contributed by atoms with van der Waals surface area (Å²) in [6, 6.07) is 9.10. The van der Waals surface area contributed by atoms with E-state index >= 15 is 0 Å². The van der Waals surface area contributed by atoms with Crippen molar-refractivity contribution in [3.63, 3.8) is 0 Å². The Kier molecular flexibility index (Phi) is 6.76. The summed E-state index contributed by atoms with van der Waals surface area (Å²) in [4.78, 5) is 19.8. The van der Waals surface area contributed by atoms with Crippen LogP contribution in [-0.4, -0.2) is 60.3 Å². The van der Waals surface area contributed by atoms with Gasteiger partial charge in [-0.05, 0) is 42.3 Å². The van der Waals surface area contributed by atoms with Crippen molar-refractivity contribution in [2.75, 3.05) is 44.2 Å². The van der Waals surface area contributed by atoms with Gasteiger partial charge in [0, 0.05) is 32.7 Å². The van der Waals surface area contributed by atoms with Gasteiger partial charge in [0.2, 0.25) is 0 Å². The number of benzene rings is 2. The van der Waals surface area contributed by atoms with Gasteiger partial charge in [-0.3, -0.25) is 9.69 Å². The number of carboxylic acids is 1. The number of fused-ring (bicyclic) bond motifs is 1. The summed E-state index contributed by atoms with van der Waals surface area (Å²) >= 11 is 1.29. The van der Waals surface area contributed by atoms with Crippen molar-refractivity contribution in [2.45, 2.75) is 19.5 Å². The van der Waals surface area contributed by atoms with Crippen LogP contribution in [0.1, 0.15) is 16.7 Å². The van der Waals surface area contributed by atoms with Gasteiger partial charge in [0.05, 0.1) is 22.2 Å². The quantitative estimate of drug-likeness (QED) is 0.540. The summed E-state index contributed by atoms with van der Waals surface area (Å²) in [5.74, 6) is -0.184. The Hall–Kier alpha value is -2.85. The van der Waals surface area contributed by atoms with E-state index in [1.54, 1.807) is 12.1 Å². The molecule has 3 aromatic rings. The van der Waals surface area contributed by atoms with Crippen molar-refractivity contribution >= 4 is 32.7 Å². The van der Waals surface area contributed by atoms with Gasteiger partial charge in [0.15, 0.2) is 5.13 Å². The van der Waals surface area contributed by atoms with Crippen LogP contribution < -0.4 is 9.64 Å². The van der Waals surface area contributed by atoms with Crippen molar-refractivity contribution in [3.05, 3.63) is 53.1 Å². The van der Waals surface area contributed by atoms with Crippen molar-refractivity contribution in [1.29, 1.82) is 0 Å². The minimum Gasteiger partial charge on any atom is -0.492 e.